The Hall–Kier alpha value is -3.27. The summed E-state index contributed by atoms with van der Waals surface area (Å²) in [5, 5.41) is 9.41. The number of fused-ring (bicyclic) bond motifs is 1. The van der Waals surface area contributed by atoms with E-state index in [1.54, 1.807) is 18.2 Å². The largest absolute Gasteiger partial charge is 0.496 e. The number of aromatic amines is 1. The number of aromatic nitrogens is 1. The lowest BCUT2D eigenvalue weighted by atomic mass is 9.87. The van der Waals surface area contributed by atoms with Crippen LogP contribution in [-0.4, -0.2) is 61.5 Å². The van der Waals surface area contributed by atoms with E-state index in [1.165, 1.54) is 14.2 Å². The molecule has 1 aromatic carbocycles. The molecule has 3 rings (SSSR count). The first kappa shape index (κ1) is 28.3. The van der Waals surface area contributed by atoms with Gasteiger partial charge in [-0.3, -0.25) is 14.4 Å². The van der Waals surface area contributed by atoms with Crippen LogP contribution in [0.25, 0.3) is 10.9 Å². The van der Waals surface area contributed by atoms with E-state index in [0.29, 0.717) is 41.1 Å². The number of esters is 1. The molecule has 1 aliphatic rings. The van der Waals surface area contributed by atoms with Gasteiger partial charge in [0.2, 0.25) is 11.8 Å². The number of carbonyl (C=O) groups excluding carboxylic acids is 4. The predicted octanol–water partition coefficient (Wildman–Crippen LogP) is 2.94. The van der Waals surface area contributed by atoms with Crippen molar-refractivity contribution in [2.24, 2.45) is 11.3 Å². The van der Waals surface area contributed by atoms with E-state index in [1.807, 2.05) is 20.8 Å². The van der Waals surface area contributed by atoms with E-state index in [9.17, 15) is 19.2 Å². The van der Waals surface area contributed by atoms with E-state index in [-0.39, 0.29) is 23.4 Å². The first-order chi connectivity index (χ1) is 17.4. The first-order valence-electron chi connectivity index (χ1n) is 12.2. The van der Waals surface area contributed by atoms with E-state index in [2.05, 4.69) is 20.9 Å². The molecule has 0 radical (unpaired) electrons. The van der Waals surface area contributed by atoms with Crippen LogP contribution in [0.4, 0.5) is 0 Å². The molecule has 1 aromatic heterocycles. The van der Waals surface area contributed by atoms with Gasteiger partial charge in [-0.15, -0.1) is 0 Å². The normalized spacial score (nSPS) is 17.5. The Balaban J connectivity index is 1.81. The maximum atomic E-state index is 13.4. The molecule has 2 aromatic rings. The molecule has 0 aliphatic carbocycles. The topological polar surface area (TPSA) is 139 Å². The second-order valence-electron chi connectivity index (χ2n) is 10.5. The molecule has 0 bridgehead atoms. The Labute approximate surface area is 221 Å². The molecule has 10 nitrogen and oxygen atoms in total. The third kappa shape index (κ3) is 7.38. The summed E-state index contributed by atoms with van der Waals surface area (Å²) in [5.74, 6) is -1.74. The number of carbonyl (C=O) groups is 4. The fourth-order valence-electron chi connectivity index (χ4n) is 4.49. The molecule has 11 heteroatoms. The summed E-state index contributed by atoms with van der Waals surface area (Å²) in [4.78, 5) is 54.3. The Kier molecular flexibility index (Phi) is 9.07. The summed E-state index contributed by atoms with van der Waals surface area (Å²) in [6.45, 7) is 6.42. The molecule has 0 spiro atoms. The fourth-order valence-corrected chi connectivity index (χ4v) is 4.70. The Bertz CT molecular complexity index is 1170. The van der Waals surface area contributed by atoms with E-state index >= 15 is 0 Å². The van der Waals surface area contributed by atoms with Crippen LogP contribution in [0.15, 0.2) is 18.2 Å². The number of H-pyrrole nitrogens is 1. The predicted molar refractivity (Wildman–Crippen MR) is 139 cm³/mol. The number of benzene rings is 1. The number of methoxy groups -OCH3 is 2. The van der Waals surface area contributed by atoms with Gasteiger partial charge in [0.1, 0.15) is 23.5 Å². The number of piperidine rings is 1. The van der Waals surface area contributed by atoms with Crippen molar-refractivity contribution >= 4 is 46.2 Å². The molecule has 1 aliphatic heterocycles. The lowest BCUT2D eigenvalue weighted by molar-refractivity contribution is -0.146. The summed E-state index contributed by atoms with van der Waals surface area (Å²) < 4.78 is 10.2. The van der Waals surface area contributed by atoms with Crippen molar-refractivity contribution in [2.45, 2.75) is 58.5 Å². The molecule has 3 amide bonds. The lowest BCUT2D eigenvalue weighted by Crippen LogP contribution is -2.54. The third-order valence-electron chi connectivity index (χ3n) is 6.29. The minimum Gasteiger partial charge on any atom is -0.496 e. The fraction of sp³-hybridized carbons (Fsp3) is 0.538. The number of hydrogen-bond donors (Lipinski definition) is 4. The van der Waals surface area contributed by atoms with Crippen LogP contribution in [0.3, 0.4) is 0 Å². The summed E-state index contributed by atoms with van der Waals surface area (Å²) in [5.41, 5.74) is 0.518. The van der Waals surface area contributed by atoms with Crippen LogP contribution < -0.4 is 20.7 Å². The van der Waals surface area contributed by atoms with Crippen molar-refractivity contribution in [3.8, 4) is 5.75 Å². The number of halogens is 1. The van der Waals surface area contributed by atoms with E-state index in [0.717, 1.165) is 6.42 Å². The van der Waals surface area contributed by atoms with Crippen LogP contribution in [-0.2, 0) is 19.1 Å². The minimum absolute atomic E-state index is 0.114. The summed E-state index contributed by atoms with van der Waals surface area (Å²) >= 11 is 6.14. The van der Waals surface area contributed by atoms with Gasteiger partial charge in [0.05, 0.1) is 19.7 Å². The van der Waals surface area contributed by atoms with Crippen molar-refractivity contribution < 1.29 is 28.7 Å². The molecule has 2 heterocycles. The average molecular weight is 535 g/mol. The Morgan fingerprint density at radius 3 is 2.49 bits per heavy atom. The van der Waals surface area contributed by atoms with Crippen molar-refractivity contribution in [1.29, 1.82) is 0 Å². The summed E-state index contributed by atoms with van der Waals surface area (Å²) in [6, 6.07) is 2.99. The van der Waals surface area contributed by atoms with Gasteiger partial charge in [0.15, 0.2) is 0 Å². The number of nitrogens with one attached hydrogen (secondary N) is 4. The summed E-state index contributed by atoms with van der Waals surface area (Å²) in [7, 11) is 2.74. The zero-order valence-electron chi connectivity index (χ0n) is 21.8. The van der Waals surface area contributed by atoms with Crippen molar-refractivity contribution in [1.82, 2.24) is 20.9 Å². The van der Waals surface area contributed by atoms with E-state index in [4.69, 9.17) is 21.1 Å². The van der Waals surface area contributed by atoms with Gasteiger partial charge in [-0.25, -0.2) is 4.79 Å². The van der Waals surface area contributed by atoms with Crippen LogP contribution in [0, 0.1) is 11.3 Å². The van der Waals surface area contributed by atoms with Gasteiger partial charge in [0, 0.05) is 22.9 Å². The highest BCUT2D eigenvalue weighted by molar-refractivity contribution is 6.31. The van der Waals surface area contributed by atoms with Crippen molar-refractivity contribution in [3.05, 3.63) is 28.9 Å². The number of ether oxygens (including phenoxy) is 2. The maximum Gasteiger partial charge on any atom is 0.328 e. The van der Waals surface area contributed by atoms with Gasteiger partial charge >= 0.3 is 5.97 Å². The van der Waals surface area contributed by atoms with Crippen LogP contribution in [0.5, 0.6) is 5.75 Å². The number of hydrogen-bond acceptors (Lipinski definition) is 6. The molecule has 1 saturated heterocycles. The highest BCUT2D eigenvalue weighted by Crippen LogP contribution is 2.30. The van der Waals surface area contributed by atoms with Gasteiger partial charge in [-0.05, 0) is 49.3 Å². The standard InChI is InChI=1S/C26H35ClN4O6/c1-26(2,3)13-20(24(34)30-19(25(35)37-5)9-14-7-6-8-28-22(14)32)31-23(33)18-12-16-17(29-18)10-15(27)11-21(16)36-4/h10-12,14,19-20,29H,6-9,13H2,1-5H3,(H,28,32)(H,30,34)(H,31,33)/t14-,19?,20?/m0/s1. The van der Waals surface area contributed by atoms with Crippen LogP contribution in [0.2, 0.25) is 5.02 Å². The zero-order valence-corrected chi connectivity index (χ0v) is 22.6. The quantitative estimate of drug-likeness (QED) is 0.365. The molecule has 4 N–H and O–H groups in total. The third-order valence-corrected chi connectivity index (χ3v) is 6.51. The lowest BCUT2D eigenvalue weighted by Gasteiger charge is -2.29. The Morgan fingerprint density at radius 1 is 1.14 bits per heavy atom. The number of rotatable bonds is 9. The zero-order chi connectivity index (χ0) is 27.3. The molecule has 37 heavy (non-hydrogen) atoms. The minimum atomic E-state index is -1.02. The van der Waals surface area contributed by atoms with Crippen LogP contribution >= 0.6 is 11.6 Å². The second kappa shape index (κ2) is 11.9. The van der Waals surface area contributed by atoms with Crippen molar-refractivity contribution in [3.63, 3.8) is 0 Å². The maximum absolute atomic E-state index is 13.4. The molecular weight excluding hydrogens is 500 g/mol. The van der Waals surface area contributed by atoms with Gasteiger partial charge < -0.3 is 30.4 Å². The molecule has 0 saturated carbocycles. The number of amides is 3. The molecular formula is C26H35ClN4O6. The highest BCUT2D eigenvalue weighted by atomic mass is 35.5. The van der Waals surface area contributed by atoms with Gasteiger partial charge in [-0.1, -0.05) is 32.4 Å². The van der Waals surface area contributed by atoms with Crippen LogP contribution in [0.1, 0.15) is 56.9 Å². The molecule has 1 fully saturated rings. The van der Waals surface area contributed by atoms with Gasteiger partial charge in [0.25, 0.3) is 5.91 Å². The van der Waals surface area contributed by atoms with E-state index < -0.39 is 35.8 Å². The first-order valence-corrected chi connectivity index (χ1v) is 12.6. The van der Waals surface area contributed by atoms with Gasteiger partial charge in [-0.2, -0.15) is 0 Å². The molecule has 3 atom stereocenters. The van der Waals surface area contributed by atoms with Crippen molar-refractivity contribution in [2.75, 3.05) is 20.8 Å². The summed E-state index contributed by atoms with van der Waals surface area (Å²) in [6.07, 6.45) is 1.83. The smallest absolute Gasteiger partial charge is 0.328 e. The average Bonchev–Trinajstić information content (AvgIpc) is 3.26. The second-order valence-corrected chi connectivity index (χ2v) is 10.9. The SMILES string of the molecule is COC(=O)C(C[C@@H]1CCCNC1=O)NC(=O)C(CC(C)(C)C)NC(=O)c1cc2c(OC)cc(Cl)cc2[nH]1. The highest BCUT2D eigenvalue weighted by Gasteiger charge is 2.34. The molecule has 202 valence electrons. The monoisotopic (exact) mass is 534 g/mol. The Morgan fingerprint density at radius 2 is 1.86 bits per heavy atom. The molecule has 2 unspecified atom stereocenters.